The van der Waals surface area contributed by atoms with Gasteiger partial charge < -0.3 is 5.73 Å². The van der Waals surface area contributed by atoms with Gasteiger partial charge in [-0.3, -0.25) is 0 Å². The molecule has 0 heterocycles. The van der Waals surface area contributed by atoms with Gasteiger partial charge in [0.2, 0.25) is 0 Å². The van der Waals surface area contributed by atoms with E-state index in [0.717, 1.165) is 5.69 Å². The molecule has 0 saturated carbocycles. The van der Waals surface area contributed by atoms with Crippen molar-refractivity contribution in [2.45, 2.75) is 65.7 Å². The first-order valence-corrected chi connectivity index (χ1v) is 7.96. The van der Waals surface area contributed by atoms with E-state index < -0.39 is 0 Å². The summed E-state index contributed by atoms with van der Waals surface area (Å²) in [5.74, 6) is 0. The third-order valence-electron chi connectivity index (χ3n) is 3.38. The Morgan fingerprint density at radius 2 is 1.28 bits per heavy atom. The Bertz CT molecular complexity index is 422. The molecule has 0 unspecified atom stereocenters. The summed E-state index contributed by atoms with van der Waals surface area (Å²) in [5.41, 5.74) is 9.55. The first-order chi connectivity index (χ1) is 7.96. The molecule has 1 nitrogen and oxygen atoms in total. The van der Waals surface area contributed by atoms with E-state index in [1.165, 1.54) is 16.4 Å². The van der Waals surface area contributed by atoms with Crippen LogP contribution in [0, 0.1) is 13.8 Å². The lowest BCUT2D eigenvalue weighted by Crippen LogP contribution is -2.32. The average molecular weight is 265 g/mol. The minimum Gasteiger partial charge on any atom is -0.399 e. The number of rotatable bonds is 1. The third-order valence-corrected chi connectivity index (χ3v) is 7.03. The molecule has 1 aromatic carbocycles. The van der Waals surface area contributed by atoms with Crippen LogP contribution in [0.15, 0.2) is 12.1 Å². The van der Waals surface area contributed by atoms with Gasteiger partial charge in [0.25, 0.3) is 0 Å². The SMILES string of the molecule is Cc1c(N)ccc(P(C(C)(C)C)C(C)(C)C)c1C. The van der Waals surface area contributed by atoms with Crippen molar-refractivity contribution in [1.82, 2.24) is 0 Å². The molecule has 18 heavy (non-hydrogen) atoms. The maximum Gasteiger partial charge on any atom is 0.0346 e. The lowest BCUT2D eigenvalue weighted by atomic mass is 10.1. The van der Waals surface area contributed by atoms with Crippen LogP contribution in [0.3, 0.4) is 0 Å². The van der Waals surface area contributed by atoms with E-state index in [2.05, 4.69) is 67.5 Å². The predicted octanol–water partition coefficient (Wildman–Crippen LogP) is 4.59. The van der Waals surface area contributed by atoms with Crippen LogP contribution in [0.1, 0.15) is 52.7 Å². The molecule has 1 rings (SSSR count). The molecule has 0 amide bonds. The van der Waals surface area contributed by atoms with E-state index in [9.17, 15) is 0 Å². The van der Waals surface area contributed by atoms with Crippen LogP contribution in [0.5, 0.6) is 0 Å². The second-order valence-electron chi connectivity index (χ2n) is 7.10. The summed E-state index contributed by atoms with van der Waals surface area (Å²) in [4.78, 5) is 0. The fourth-order valence-electron chi connectivity index (χ4n) is 2.80. The molecular formula is C16H28NP. The van der Waals surface area contributed by atoms with Crippen LogP contribution >= 0.6 is 7.92 Å². The van der Waals surface area contributed by atoms with Crippen molar-refractivity contribution in [1.29, 1.82) is 0 Å². The van der Waals surface area contributed by atoms with E-state index in [1.54, 1.807) is 0 Å². The number of hydrogen-bond donors (Lipinski definition) is 1. The van der Waals surface area contributed by atoms with Crippen LogP contribution in [-0.2, 0) is 0 Å². The molecule has 0 aliphatic carbocycles. The highest BCUT2D eigenvalue weighted by atomic mass is 31.1. The molecular weight excluding hydrogens is 237 g/mol. The first-order valence-electron chi connectivity index (χ1n) is 6.62. The molecule has 0 aliphatic heterocycles. The van der Waals surface area contributed by atoms with Crippen LogP contribution in [-0.4, -0.2) is 10.3 Å². The van der Waals surface area contributed by atoms with E-state index in [-0.39, 0.29) is 7.92 Å². The maximum absolute atomic E-state index is 6.02. The smallest absolute Gasteiger partial charge is 0.0346 e. The van der Waals surface area contributed by atoms with Gasteiger partial charge in [-0.25, -0.2) is 0 Å². The predicted molar refractivity (Wildman–Crippen MR) is 86.4 cm³/mol. The molecule has 2 heteroatoms. The summed E-state index contributed by atoms with van der Waals surface area (Å²) in [6.45, 7) is 18.5. The topological polar surface area (TPSA) is 26.0 Å². The fraction of sp³-hybridized carbons (Fsp3) is 0.625. The summed E-state index contributed by atoms with van der Waals surface area (Å²) in [6, 6.07) is 4.32. The number of nitrogen functional groups attached to an aromatic ring is 1. The van der Waals surface area contributed by atoms with Crippen molar-refractivity contribution >= 4 is 18.9 Å². The monoisotopic (exact) mass is 265 g/mol. The van der Waals surface area contributed by atoms with Crippen LogP contribution in [0.2, 0.25) is 0 Å². The van der Waals surface area contributed by atoms with Crippen molar-refractivity contribution in [3.63, 3.8) is 0 Å². The summed E-state index contributed by atoms with van der Waals surface area (Å²) >= 11 is 0. The van der Waals surface area contributed by atoms with Gasteiger partial charge in [-0.05, 0) is 46.7 Å². The van der Waals surface area contributed by atoms with E-state index in [1.807, 2.05) is 0 Å². The number of anilines is 1. The highest BCUT2D eigenvalue weighted by Crippen LogP contribution is 2.58. The quantitative estimate of drug-likeness (QED) is 0.583. The molecule has 0 bridgehead atoms. The highest BCUT2D eigenvalue weighted by Gasteiger charge is 2.36. The van der Waals surface area contributed by atoms with Crippen LogP contribution < -0.4 is 11.0 Å². The largest absolute Gasteiger partial charge is 0.399 e. The number of benzene rings is 1. The van der Waals surface area contributed by atoms with E-state index >= 15 is 0 Å². The van der Waals surface area contributed by atoms with Gasteiger partial charge in [0.15, 0.2) is 0 Å². The lowest BCUT2D eigenvalue weighted by Gasteiger charge is -2.42. The molecule has 0 fully saturated rings. The molecule has 2 N–H and O–H groups in total. The minimum absolute atomic E-state index is 0.243. The second kappa shape index (κ2) is 4.85. The van der Waals surface area contributed by atoms with Gasteiger partial charge >= 0.3 is 0 Å². The average Bonchev–Trinajstić information content (AvgIpc) is 2.15. The van der Waals surface area contributed by atoms with Gasteiger partial charge in [0.05, 0.1) is 0 Å². The fourth-order valence-corrected chi connectivity index (χ4v) is 6.98. The Labute approximate surface area is 114 Å². The standard InChI is InChI=1S/C16H28NP/c1-11-12(2)14(10-9-13(11)17)18(15(3,4)5)16(6,7)8/h9-10H,17H2,1-8H3. The van der Waals surface area contributed by atoms with Crippen LogP contribution in [0.25, 0.3) is 0 Å². The normalized spacial score (nSPS) is 13.2. The Morgan fingerprint density at radius 1 is 0.833 bits per heavy atom. The zero-order chi connectivity index (χ0) is 14.3. The molecule has 0 aromatic heterocycles. The Hall–Kier alpha value is -0.550. The van der Waals surface area contributed by atoms with Gasteiger partial charge in [0, 0.05) is 5.69 Å². The number of nitrogens with two attached hydrogens (primary N) is 1. The van der Waals surface area contributed by atoms with Gasteiger partial charge in [-0.15, -0.1) is 0 Å². The molecule has 0 saturated heterocycles. The van der Waals surface area contributed by atoms with Gasteiger partial charge in [0.1, 0.15) is 0 Å². The molecule has 0 aliphatic rings. The highest BCUT2D eigenvalue weighted by molar-refractivity contribution is 7.68. The van der Waals surface area contributed by atoms with Crippen molar-refractivity contribution in [2.75, 3.05) is 5.73 Å². The molecule has 1 aromatic rings. The lowest BCUT2D eigenvalue weighted by molar-refractivity contribution is 0.714. The zero-order valence-corrected chi connectivity index (χ0v) is 14.1. The third kappa shape index (κ3) is 3.06. The van der Waals surface area contributed by atoms with Crippen molar-refractivity contribution in [3.05, 3.63) is 23.3 Å². The molecule has 0 atom stereocenters. The first kappa shape index (κ1) is 15.5. The zero-order valence-electron chi connectivity index (χ0n) is 13.2. The second-order valence-corrected chi connectivity index (χ2v) is 10.9. The van der Waals surface area contributed by atoms with Crippen molar-refractivity contribution in [3.8, 4) is 0 Å². The number of hydrogen-bond acceptors (Lipinski definition) is 1. The van der Waals surface area contributed by atoms with E-state index in [4.69, 9.17) is 5.73 Å². The Morgan fingerprint density at radius 3 is 1.67 bits per heavy atom. The van der Waals surface area contributed by atoms with Gasteiger partial charge in [-0.2, -0.15) is 0 Å². The molecule has 0 radical (unpaired) electrons. The Balaban J connectivity index is 3.46. The van der Waals surface area contributed by atoms with Crippen molar-refractivity contribution < 1.29 is 0 Å². The Kier molecular flexibility index (Phi) is 4.18. The van der Waals surface area contributed by atoms with Gasteiger partial charge in [-0.1, -0.05) is 55.5 Å². The van der Waals surface area contributed by atoms with E-state index in [0.29, 0.717) is 10.3 Å². The molecule has 102 valence electrons. The summed E-state index contributed by atoms with van der Waals surface area (Å²) < 4.78 is 0. The summed E-state index contributed by atoms with van der Waals surface area (Å²) in [6.07, 6.45) is 0. The summed E-state index contributed by atoms with van der Waals surface area (Å²) in [5, 5.41) is 2.12. The maximum atomic E-state index is 6.02. The van der Waals surface area contributed by atoms with Crippen LogP contribution in [0.4, 0.5) is 5.69 Å². The molecule has 0 spiro atoms. The summed E-state index contributed by atoms with van der Waals surface area (Å²) in [7, 11) is -0.243. The minimum atomic E-state index is -0.243. The van der Waals surface area contributed by atoms with Crippen molar-refractivity contribution in [2.24, 2.45) is 0 Å².